The van der Waals surface area contributed by atoms with Gasteiger partial charge in [-0.15, -0.1) is 0 Å². The lowest BCUT2D eigenvalue weighted by atomic mass is 10.2. The highest BCUT2D eigenvalue weighted by molar-refractivity contribution is 7.90. The Kier molecular flexibility index (Phi) is 3.39. The van der Waals surface area contributed by atoms with E-state index in [0.717, 1.165) is 12.7 Å². The van der Waals surface area contributed by atoms with Crippen LogP contribution in [0.25, 0.3) is 11.3 Å². The monoisotopic (exact) mass is 348 g/mol. The molecular formula is C14H16N6O3S. The molecule has 4 heterocycles. The molecule has 4 rings (SSSR count). The van der Waals surface area contributed by atoms with Crippen molar-refractivity contribution in [2.24, 2.45) is 0 Å². The first-order valence-electron chi connectivity index (χ1n) is 7.45. The van der Waals surface area contributed by atoms with Crippen molar-refractivity contribution in [3.05, 3.63) is 18.5 Å². The Balaban J connectivity index is 1.82. The number of nitrogen functional groups attached to an aromatic ring is 1. The van der Waals surface area contributed by atoms with Crippen LogP contribution in [0.15, 0.2) is 23.6 Å². The number of rotatable bonds is 3. The third-order valence-corrected chi connectivity index (χ3v) is 5.03. The summed E-state index contributed by atoms with van der Waals surface area (Å²) in [5.41, 5.74) is 6.53. The van der Waals surface area contributed by atoms with Crippen LogP contribution >= 0.6 is 0 Å². The second-order valence-corrected chi connectivity index (χ2v) is 7.90. The highest BCUT2D eigenvalue weighted by atomic mass is 32.2. The lowest BCUT2D eigenvalue weighted by Crippen LogP contribution is -2.37. The number of hydrogen-bond donors (Lipinski definition) is 1. The van der Waals surface area contributed by atoms with Crippen molar-refractivity contribution >= 4 is 21.6 Å². The maximum Gasteiger partial charge on any atom is 0.249 e. The number of nitrogens with two attached hydrogens (primary N) is 1. The summed E-state index contributed by atoms with van der Waals surface area (Å²) in [5.74, 6) is 0.721. The Bertz CT molecular complexity index is 886. The van der Waals surface area contributed by atoms with E-state index in [1.807, 2.05) is 0 Å². The third kappa shape index (κ3) is 2.67. The first kappa shape index (κ1) is 15.2. The van der Waals surface area contributed by atoms with Crippen LogP contribution in [0.2, 0.25) is 0 Å². The van der Waals surface area contributed by atoms with Gasteiger partial charge in [-0.2, -0.15) is 0 Å². The van der Waals surface area contributed by atoms with E-state index in [9.17, 15) is 8.42 Å². The molecule has 10 heteroatoms. The molecule has 2 aromatic heterocycles. The molecule has 1 unspecified atom stereocenters. The molecule has 24 heavy (non-hydrogen) atoms. The van der Waals surface area contributed by atoms with Gasteiger partial charge >= 0.3 is 0 Å². The number of fused-ring (bicyclic) bond motifs is 2. The highest BCUT2D eigenvalue weighted by Gasteiger charge is 2.40. The number of sulfone groups is 1. The van der Waals surface area contributed by atoms with Gasteiger partial charge in [-0.1, -0.05) is 0 Å². The van der Waals surface area contributed by atoms with E-state index in [-0.39, 0.29) is 23.3 Å². The van der Waals surface area contributed by atoms with Crippen LogP contribution < -0.4 is 10.6 Å². The first-order valence-corrected chi connectivity index (χ1v) is 9.34. The van der Waals surface area contributed by atoms with Crippen molar-refractivity contribution in [3.8, 4) is 11.3 Å². The minimum absolute atomic E-state index is 0.144. The highest BCUT2D eigenvalue weighted by Crippen LogP contribution is 2.33. The summed E-state index contributed by atoms with van der Waals surface area (Å²) in [5, 5.41) is -0.212. The van der Waals surface area contributed by atoms with Crippen LogP contribution in [0.1, 0.15) is 6.42 Å². The minimum Gasteiger partial charge on any atom is -0.374 e. The van der Waals surface area contributed by atoms with Crippen LogP contribution in [0.3, 0.4) is 0 Å². The molecule has 2 saturated heterocycles. The Morgan fingerprint density at radius 2 is 2.04 bits per heavy atom. The molecule has 9 nitrogen and oxygen atoms in total. The standard InChI is InChI=1S/C14H16N6O3S/c1-24(21,22)14-18-11(8-4-16-13(15)17-5-8)3-12(19-14)20-6-10-2-9(20)7-23-10/h3-5,9-10H,2,6-7H2,1H3,(H2,15,16,17)/t9-,10?/m0/s1. The van der Waals surface area contributed by atoms with E-state index in [4.69, 9.17) is 10.5 Å². The summed E-state index contributed by atoms with van der Waals surface area (Å²) in [4.78, 5) is 18.4. The Morgan fingerprint density at radius 1 is 1.29 bits per heavy atom. The van der Waals surface area contributed by atoms with Crippen molar-refractivity contribution < 1.29 is 13.2 Å². The molecule has 2 fully saturated rings. The van der Waals surface area contributed by atoms with Gasteiger partial charge in [-0.3, -0.25) is 0 Å². The van der Waals surface area contributed by atoms with Crippen LogP contribution in [0.4, 0.5) is 11.8 Å². The van der Waals surface area contributed by atoms with E-state index in [2.05, 4.69) is 24.8 Å². The molecule has 0 aromatic carbocycles. The van der Waals surface area contributed by atoms with Gasteiger partial charge in [0.05, 0.1) is 24.4 Å². The van der Waals surface area contributed by atoms with Crippen molar-refractivity contribution in [2.75, 3.05) is 30.0 Å². The van der Waals surface area contributed by atoms with Crippen molar-refractivity contribution in [1.29, 1.82) is 0 Å². The summed E-state index contributed by atoms with van der Waals surface area (Å²) in [7, 11) is -3.55. The molecule has 2 N–H and O–H groups in total. The largest absolute Gasteiger partial charge is 0.374 e. The molecule has 2 aliphatic rings. The number of ether oxygens (including phenoxy) is 1. The van der Waals surface area contributed by atoms with Gasteiger partial charge in [0, 0.05) is 36.8 Å². The summed E-state index contributed by atoms with van der Waals surface area (Å²) in [6, 6.07) is 1.97. The molecule has 2 aliphatic heterocycles. The number of hydrogen-bond acceptors (Lipinski definition) is 9. The Labute approximate surface area is 138 Å². The number of anilines is 2. The van der Waals surface area contributed by atoms with Crippen molar-refractivity contribution in [3.63, 3.8) is 0 Å². The second kappa shape index (κ2) is 5.35. The SMILES string of the molecule is CS(=O)(=O)c1nc(-c2cnc(N)nc2)cc(N2CC3C[C@H]2CO3)n1. The number of aromatic nitrogens is 4. The van der Waals surface area contributed by atoms with Crippen LogP contribution in [0, 0.1) is 0 Å². The van der Waals surface area contributed by atoms with Gasteiger partial charge in [0.1, 0.15) is 5.82 Å². The number of nitrogens with zero attached hydrogens (tertiary/aromatic N) is 5. The maximum absolute atomic E-state index is 12.0. The van der Waals surface area contributed by atoms with Gasteiger partial charge in [0.2, 0.25) is 20.9 Å². The van der Waals surface area contributed by atoms with E-state index in [1.165, 1.54) is 12.4 Å². The zero-order chi connectivity index (χ0) is 16.9. The topological polar surface area (TPSA) is 124 Å². The average molecular weight is 348 g/mol. The van der Waals surface area contributed by atoms with Gasteiger partial charge in [-0.05, 0) is 6.42 Å². The fourth-order valence-corrected chi connectivity index (χ4v) is 3.55. The van der Waals surface area contributed by atoms with Gasteiger partial charge in [0.25, 0.3) is 0 Å². The quantitative estimate of drug-likeness (QED) is 0.757. The number of morpholine rings is 1. The van der Waals surface area contributed by atoms with Crippen molar-refractivity contribution in [1.82, 2.24) is 19.9 Å². The molecule has 2 aromatic rings. The lowest BCUT2D eigenvalue weighted by Gasteiger charge is -2.28. The fraction of sp³-hybridized carbons (Fsp3) is 0.429. The minimum atomic E-state index is -3.55. The summed E-state index contributed by atoms with van der Waals surface area (Å²) in [6.07, 6.45) is 5.22. The smallest absolute Gasteiger partial charge is 0.249 e. The molecule has 0 aliphatic carbocycles. The molecule has 2 bridgehead atoms. The predicted molar refractivity (Wildman–Crippen MR) is 86.1 cm³/mol. The first-order chi connectivity index (χ1) is 11.4. The molecule has 2 atom stereocenters. The third-order valence-electron chi connectivity index (χ3n) is 4.19. The van der Waals surface area contributed by atoms with Crippen molar-refractivity contribution in [2.45, 2.75) is 23.7 Å². The maximum atomic E-state index is 12.0. The second-order valence-electron chi connectivity index (χ2n) is 5.99. The Hall–Kier alpha value is -2.33. The molecule has 0 saturated carbocycles. The summed E-state index contributed by atoms with van der Waals surface area (Å²) in [6.45, 7) is 1.33. The van der Waals surface area contributed by atoms with E-state index in [1.54, 1.807) is 6.07 Å². The van der Waals surface area contributed by atoms with Crippen LogP contribution in [-0.2, 0) is 14.6 Å². The lowest BCUT2D eigenvalue weighted by molar-refractivity contribution is 0.0988. The van der Waals surface area contributed by atoms with E-state index >= 15 is 0 Å². The predicted octanol–water partition coefficient (Wildman–Crippen LogP) is -0.103. The van der Waals surface area contributed by atoms with Crippen LogP contribution in [-0.4, -0.2) is 59.9 Å². The van der Waals surface area contributed by atoms with Crippen LogP contribution in [0.5, 0.6) is 0 Å². The van der Waals surface area contributed by atoms with Gasteiger partial charge in [0.15, 0.2) is 0 Å². The zero-order valence-corrected chi connectivity index (χ0v) is 13.8. The zero-order valence-electron chi connectivity index (χ0n) is 13.0. The normalized spacial score (nSPS) is 23.0. The molecule has 126 valence electrons. The van der Waals surface area contributed by atoms with E-state index in [0.29, 0.717) is 30.2 Å². The molecule has 0 spiro atoms. The molecular weight excluding hydrogens is 332 g/mol. The summed E-state index contributed by atoms with van der Waals surface area (Å²) >= 11 is 0. The Morgan fingerprint density at radius 3 is 2.62 bits per heavy atom. The average Bonchev–Trinajstić information content (AvgIpc) is 3.17. The van der Waals surface area contributed by atoms with Gasteiger partial charge in [-0.25, -0.2) is 28.4 Å². The molecule has 0 radical (unpaired) electrons. The molecule has 0 amide bonds. The summed E-state index contributed by atoms with van der Waals surface area (Å²) < 4.78 is 29.5. The van der Waals surface area contributed by atoms with Gasteiger partial charge < -0.3 is 15.4 Å². The fourth-order valence-electron chi connectivity index (χ4n) is 3.02. The van der Waals surface area contributed by atoms with E-state index < -0.39 is 9.84 Å².